The molecule has 0 N–H and O–H groups in total. The maximum absolute atomic E-state index is 4.75. The molecule has 0 amide bonds. The molecule has 0 atom stereocenters. The van der Waals surface area contributed by atoms with Gasteiger partial charge in [-0.1, -0.05) is 42.8 Å². The Kier molecular flexibility index (Phi) is 2.63. The highest BCUT2D eigenvalue weighted by molar-refractivity contribution is 5.66. The first-order valence-electron chi connectivity index (χ1n) is 6.32. The van der Waals surface area contributed by atoms with Crippen LogP contribution in [0.2, 0.25) is 0 Å². The van der Waals surface area contributed by atoms with Crippen LogP contribution in [-0.4, -0.2) is 9.38 Å². The molecule has 2 heterocycles. The van der Waals surface area contributed by atoms with E-state index in [-0.39, 0.29) is 0 Å². The predicted octanol–water partition coefficient (Wildman–Crippen LogP) is 3.87. The van der Waals surface area contributed by atoms with E-state index < -0.39 is 0 Å². The molecule has 18 heavy (non-hydrogen) atoms. The molecular formula is C16H16N2. The number of aromatic nitrogens is 2. The zero-order valence-electron chi connectivity index (χ0n) is 10.7. The van der Waals surface area contributed by atoms with E-state index in [1.807, 2.05) is 12.1 Å². The summed E-state index contributed by atoms with van der Waals surface area (Å²) in [6.45, 7) is 4.28. The van der Waals surface area contributed by atoms with Gasteiger partial charge in [-0.2, -0.15) is 0 Å². The van der Waals surface area contributed by atoms with Gasteiger partial charge in [-0.05, 0) is 25.5 Å². The number of aryl methyl sites for hydroxylation is 2. The highest BCUT2D eigenvalue weighted by Gasteiger charge is 2.11. The highest BCUT2D eigenvalue weighted by Crippen LogP contribution is 2.25. The van der Waals surface area contributed by atoms with Gasteiger partial charge in [-0.3, -0.25) is 0 Å². The molecule has 0 radical (unpaired) electrons. The minimum Gasteiger partial charge on any atom is -0.303 e. The van der Waals surface area contributed by atoms with E-state index in [9.17, 15) is 0 Å². The normalized spacial score (nSPS) is 11.0. The van der Waals surface area contributed by atoms with Crippen molar-refractivity contribution < 1.29 is 0 Å². The van der Waals surface area contributed by atoms with Gasteiger partial charge in [0.05, 0.1) is 11.4 Å². The summed E-state index contributed by atoms with van der Waals surface area (Å²) in [6, 6.07) is 14.7. The second kappa shape index (κ2) is 4.30. The number of benzene rings is 1. The topological polar surface area (TPSA) is 17.3 Å². The van der Waals surface area contributed by atoms with E-state index >= 15 is 0 Å². The lowest BCUT2D eigenvalue weighted by molar-refractivity contribution is 0.998. The van der Waals surface area contributed by atoms with Gasteiger partial charge in [0.25, 0.3) is 0 Å². The monoisotopic (exact) mass is 236 g/mol. The number of pyridine rings is 1. The van der Waals surface area contributed by atoms with Crippen molar-refractivity contribution in [2.24, 2.45) is 0 Å². The molecule has 0 saturated carbocycles. The summed E-state index contributed by atoms with van der Waals surface area (Å²) in [6.07, 6.45) is 3.06. The van der Waals surface area contributed by atoms with Crippen molar-refractivity contribution in [3.63, 3.8) is 0 Å². The first kappa shape index (κ1) is 11.0. The fourth-order valence-electron chi connectivity index (χ4n) is 2.33. The quantitative estimate of drug-likeness (QED) is 0.660. The van der Waals surface area contributed by atoms with Gasteiger partial charge in [0.1, 0.15) is 5.65 Å². The zero-order valence-corrected chi connectivity index (χ0v) is 10.7. The number of hydrogen-bond donors (Lipinski definition) is 0. The van der Waals surface area contributed by atoms with E-state index in [4.69, 9.17) is 4.98 Å². The van der Waals surface area contributed by atoms with E-state index in [0.717, 1.165) is 17.8 Å². The van der Waals surface area contributed by atoms with E-state index in [2.05, 4.69) is 54.8 Å². The first-order valence-corrected chi connectivity index (χ1v) is 6.32. The van der Waals surface area contributed by atoms with Crippen LogP contribution in [0.15, 0.2) is 48.7 Å². The third-order valence-electron chi connectivity index (χ3n) is 3.29. The summed E-state index contributed by atoms with van der Waals surface area (Å²) in [5.74, 6) is 0. The van der Waals surface area contributed by atoms with Gasteiger partial charge in [-0.15, -0.1) is 0 Å². The van der Waals surface area contributed by atoms with Crippen LogP contribution in [0.5, 0.6) is 0 Å². The molecule has 0 fully saturated rings. The molecule has 0 aliphatic carbocycles. The van der Waals surface area contributed by atoms with Crippen LogP contribution >= 0.6 is 0 Å². The Hall–Kier alpha value is -2.09. The van der Waals surface area contributed by atoms with Gasteiger partial charge < -0.3 is 4.40 Å². The molecule has 0 saturated heterocycles. The van der Waals surface area contributed by atoms with Gasteiger partial charge in [0, 0.05) is 11.8 Å². The Morgan fingerprint density at radius 1 is 1.06 bits per heavy atom. The molecule has 0 aliphatic rings. The van der Waals surface area contributed by atoms with Crippen LogP contribution < -0.4 is 0 Å². The third kappa shape index (κ3) is 1.70. The lowest BCUT2D eigenvalue weighted by atomic mass is 10.1. The van der Waals surface area contributed by atoms with Gasteiger partial charge in [0.15, 0.2) is 0 Å². The zero-order chi connectivity index (χ0) is 12.5. The van der Waals surface area contributed by atoms with Crippen LogP contribution in [0.4, 0.5) is 0 Å². The molecule has 2 aromatic heterocycles. The van der Waals surface area contributed by atoms with Crippen molar-refractivity contribution in [3.05, 3.63) is 59.9 Å². The maximum Gasteiger partial charge on any atom is 0.137 e. The van der Waals surface area contributed by atoms with Crippen LogP contribution in [-0.2, 0) is 6.42 Å². The fraction of sp³-hybridized carbons (Fsp3) is 0.188. The summed E-state index contributed by atoms with van der Waals surface area (Å²) < 4.78 is 2.18. The van der Waals surface area contributed by atoms with Gasteiger partial charge in [-0.25, -0.2) is 4.98 Å². The van der Waals surface area contributed by atoms with Crippen molar-refractivity contribution in [1.82, 2.24) is 9.38 Å². The first-order chi connectivity index (χ1) is 8.79. The average Bonchev–Trinajstić information content (AvgIpc) is 2.78. The fourth-order valence-corrected chi connectivity index (χ4v) is 2.33. The lowest BCUT2D eigenvalue weighted by Gasteiger charge is -2.02. The summed E-state index contributed by atoms with van der Waals surface area (Å²) >= 11 is 0. The smallest absolute Gasteiger partial charge is 0.137 e. The SMILES string of the molecule is CCc1c(-c2ccc(C)cc2)nc2ccccn12. The molecule has 0 unspecified atom stereocenters. The molecule has 90 valence electrons. The van der Waals surface area contributed by atoms with Crippen LogP contribution in [0.25, 0.3) is 16.9 Å². The Morgan fingerprint density at radius 3 is 2.56 bits per heavy atom. The molecule has 3 aromatic rings. The lowest BCUT2D eigenvalue weighted by Crippen LogP contribution is -1.91. The number of nitrogens with zero attached hydrogens (tertiary/aromatic N) is 2. The average molecular weight is 236 g/mol. The van der Waals surface area contributed by atoms with E-state index in [1.54, 1.807) is 0 Å². The molecular weight excluding hydrogens is 220 g/mol. The minimum absolute atomic E-state index is 0.981. The Balaban J connectivity index is 2.25. The van der Waals surface area contributed by atoms with E-state index in [0.29, 0.717) is 0 Å². The molecule has 1 aromatic carbocycles. The minimum atomic E-state index is 0.981. The number of imidazole rings is 1. The Bertz CT molecular complexity index is 678. The van der Waals surface area contributed by atoms with Gasteiger partial charge >= 0.3 is 0 Å². The summed E-state index contributed by atoms with van der Waals surface area (Å²) in [7, 11) is 0. The largest absolute Gasteiger partial charge is 0.303 e. The van der Waals surface area contributed by atoms with Crippen LogP contribution in [0.3, 0.4) is 0 Å². The summed E-state index contributed by atoms with van der Waals surface area (Å²) in [4.78, 5) is 4.75. The molecule has 3 rings (SSSR count). The Morgan fingerprint density at radius 2 is 1.83 bits per heavy atom. The molecule has 2 heteroatoms. The standard InChI is InChI=1S/C16H16N2/c1-3-14-16(13-9-7-12(2)8-10-13)17-15-6-4-5-11-18(14)15/h4-11H,3H2,1-2H3. The second-order valence-electron chi connectivity index (χ2n) is 4.56. The molecule has 0 aliphatic heterocycles. The summed E-state index contributed by atoms with van der Waals surface area (Å²) in [5, 5.41) is 0. The number of hydrogen-bond acceptors (Lipinski definition) is 1. The summed E-state index contributed by atoms with van der Waals surface area (Å²) in [5.41, 5.74) is 5.87. The van der Waals surface area contributed by atoms with Crippen molar-refractivity contribution in [1.29, 1.82) is 0 Å². The second-order valence-corrected chi connectivity index (χ2v) is 4.56. The predicted molar refractivity (Wildman–Crippen MR) is 74.7 cm³/mol. The molecule has 2 nitrogen and oxygen atoms in total. The molecule has 0 bridgehead atoms. The number of rotatable bonds is 2. The van der Waals surface area contributed by atoms with Crippen molar-refractivity contribution in [2.45, 2.75) is 20.3 Å². The number of fused-ring (bicyclic) bond motifs is 1. The van der Waals surface area contributed by atoms with Crippen molar-refractivity contribution >= 4 is 5.65 Å². The van der Waals surface area contributed by atoms with Crippen molar-refractivity contribution in [3.8, 4) is 11.3 Å². The molecule has 0 spiro atoms. The van der Waals surface area contributed by atoms with Gasteiger partial charge in [0.2, 0.25) is 0 Å². The van der Waals surface area contributed by atoms with Crippen LogP contribution in [0.1, 0.15) is 18.2 Å². The van der Waals surface area contributed by atoms with E-state index in [1.165, 1.54) is 16.8 Å². The van der Waals surface area contributed by atoms with Crippen molar-refractivity contribution in [2.75, 3.05) is 0 Å². The maximum atomic E-state index is 4.75. The third-order valence-corrected chi connectivity index (χ3v) is 3.29. The highest BCUT2D eigenvalue weighted by atomic mass is 15.0. The Labute approximate surface area is 107 Å². The van der Waals surface area contributed by atoms with Crippen LogP contribution in [0, 0.1) is 6.92 Å².